The maximum atomic E-state index is 13.8. The second kappa shape index (κ2) is 11.8. The molecule has 6 heteroatoms. The van der Waals surface area contributed by atoms with Crippen LogP contribution in [0.25, 0.3) is 0 Å². The van der Waals surface area contributed by atoms with Crippen molar-refractivity contribution >= 4 is 11.8 Å². The molecule has 1 unspecified atom stereocenters. The molecule has 0 aliphatic carbocycles. The lowest BCUT2D eigenvalue weighted by Gasteiger charge is -2.30. The first-order valence-corrected chi connectivity index (χ1v) is 10.0. The normalized spacial score (nSPS) is 11.6. The third kappa shape index (κ3) is 6.89. The highest BCUT2D eigenvalue weighted by atomic mass is 19.1. The lowest BCUT2D eigenvalue weighted by atomic mass is 10.1. The van der Waals surface area contributed by atoms with E-state index in [9.17, 15) is 14.0 Å². The van der Waals surface area contributed by atoms with Crippen LogP contribution in [0.3, 0.4) is 0 Å². The molecule has 156 valence electrons. The molecule has 0 aromatic heterocycles. The van der Waals surface area contributed by atoms with E-state index in [0.717, 1.165) is 18.4 Å². The van der Waals surface area contributed by atoms with Gasteiger partial charge in [-0.15, -0.1) is 0 Å². The van der Waals surface area contributed by atoms with Gasteiger partial charge in [0, 0.05) is 13.1 Å². The van der Waals surface area contributed by atoms with Crippen LogP contribution >= 0.6 is 0 Å². The Labute approximate surface area is 171 Å². The topological polar surface area (TPSA) is 58.6 Å². The van der Waals surface area contributed by atoms with Gasteiger partial charge in [0.2, 0.25) is 5.91 Å². The van der Waals surface area contributed by atoms with Crippen molar-refractivity contribution in [3.63, 3.8) is 0 Å². The summed E-state index contributed by atoms with van der Waals surface area (Å²) in [5.41, 5.74) is 0.909. The standard InChI is InChI=1S/C23H29FN2O3/c1-3-5-15-25-23(28)20(4-2)26(16-18-11-7-6-8-12-18)22(27)17-29-21-14-10-9-13-19(21)24/h6-14,20H,3-5,15-17H2,1-2H3,(H,25,28). The molecule has 2 rings (SSSR count). The number of nitrogens with one attached hydrogen (secondary N) is 1. The molecule has 0 aliphatic rings. The molecule has 1 atom stereocenters. The van der Waals surface area contributed by atoms with Crippen molar-refractivity contribution in [2.24, 2.45) is 0 Å². The fraction of sp³-hybridized carbons (Fsp3) is 0.391. The summed E-state index contributed by atoms with van der Waals surface area (Å²) in [7, 11) is 0. The van der Waals surface area contributed by atoms with E-state index < -0.39 is 11.9 Å². The molecule has 0 radical (unpaired) electrons. The number of benzene rings is 2. The molecule has 0 fully saturated rings. The monoisotopic (exact) mass is 400 g/mol. The van der Waals surface area contributed by atoms with Crippen LogP contribution in [0, 0.1) is 5.82 Å². The number of rotatable bonds is 11. The van der Waals surface area contributed by atoms with Crippen molar-refractivity contribution in [2.45, 2.75) is 45.7 Å². The predicted octanol–water partition coefficient (Wildman–Crippen LogP) is 3.93. The molecular weight excluding hydrogens is 371 g/mol. The summed E-state index contributed by atoms with van der Waals surface area (Å²) in [5, 5.41) is 2.90. The highest BCUT2D eigenvalue weighted by Gasteiger charge is 2.28. The van der Waals surface area contributed by atoms with Gasteiger partial charge in [-0.2, -0.15) is 0 Å². The third-order valence-corrected chi connectivity index (χ3v) is 4.60. The number of ether oxygens (including phenoxy) is 1. The van der Waals surface area contributed by atoms with E-state index in [1.165, 1.54) is 17.0 Å². The van der Waals surface area contributed by atoms with Gasteiger partial charge in [0.25, 0.3) is 5.91 Å². The Morgan fingerprint density at radius 1 is 1.07 bits per heavy atom. The maximum absolute atomic E-state index is 13.8. The highest BCUT2D eigenvalue weighted by Crippen LogP contribution is 2.17. The molecule has 0 spiro atoms. The van der Waals surface area contributed by atoms with Gasteiger partial charge in [0.15, 0.2) is 18.2 Å². The number of carbonyl (C=O) groups excluding carboxylic acids is 2. The van der Waals surface area contributed by atoms with Crippen LogP contribution in [0.15, 0.2) is 54.6 Å². The zero-order valence-corrected chi connectivity index (χ0v) is 17.1. The van der Waals surface area contributed by atoms with Crippen LogP contribution in [0.2, 0.25) is 0 Å². The van der Waals surface area contributed by atoms with E-state index in [2.05, 4.69) is 12.2 Å². The first-order valence-electron chi connectivity index (χ1n) is 10.0. The van der Waals surface area contributed by atoms with Gasteiger partial charge in [-0.25, -0.2) is 4.39 Å². The van der Waals surface area contributed by atoms with Gasteiger partial charge in [-0.3, -0.25) is 9.59 Å². The van der Waals surface area contributed by atoms with Crippen molar-refractivity contribution in [2.75, 3.05) is 13.2 Å². The third-order valence-electron chi connectivity index (χ3n) is 4.60. The van der Waals surface area contributed by atoms with Crippen LogP contribution in [0.5, 0.6) is 5.75 Å². The molecule has 0 aliphatic heterocycles. The van der Waals surface area contributed by atoms with E-state index in [0.29, 0.717) is 13.0 Å². The quantitative estimate of drug-likeness (QED) is 0.582. The number of hydrogen-bond donors (Lipinski definition) is 1. The van der Waals surface area contributed by atoms with Crippen molar-refractivity contribution in [3.05, 3.63) is 66.0 Å². The first kappa shape index (κ1) is 22.4. The molecule has 0 heterocycles. The number of amides is 2. The average Bonchev–Trinajstić information content (AvgIpc) is 2.73. The molecule has 0 saturated heterocycles. The summed E-state index contributed by atoms with van der Waals surface area (Å²) >= 11 is 0. The molecule has 1 N–H and O–H groups in total. The SMILES string of the molecule is CCCCNC(=O)C(CC)N(Cc1ccccc1)C(=O)COc1ccccc1F. The van der Waals surface area contributed by atoms with Crippen molar-refractivity contribution < 1.29 is 18.7 Å². The molecule has 2 amide bonds. The van der Waals surface area contributed by atoms with E-state index >= 15 is 0 Å². The van der Waals surface area contributed by atoms with Gasteiger partial charge >= 0.3 is 0 Å². The number of hydrogen-bond acceptors (Lipinski definition) is 3. The van der Waals surface area contributed by atoms with Crippen molar-refractivity contribution in [1.29, 1.82) is 0 Å². The Kier molecular flexibility index (Phi) is 9.15. The molecule has 2 aromatic rings. The second-order valence-electron chi connectivity index (χ2n) is 6.79. The van der Waals surface area contributed by atoms with Gasteiger partial charge in [0.05, 0.1) is 0 Å². The van der Waals surface area contributed by atoms with E-state index in [1.54, 1.807) is 12.1 Å². The lowest BCUT2D eigenvalue weighted by Crippen LogP contribution is -2.50. The Hall–Kier alpha value is -2.89. The summed E-state index contributed by atoms with van der Waals surface area (Å²) in [6, 6.07) is 14.8. The largest absolute Gasteiger partial charge is 0.481 e. The smallest absolute Gasteiger partial charge is 0.261 e. The first-order chi connectivity index (χ1) is 14.1. The lowest BCUT2D eigenvalue weighted by molar-refractivity contribution is -0.143. The van der Waals surface area contributed by atoms with Crippen LogP contribution in [-0.4, -0.2) is 35.9 Å². The van der Waals surface area contributed by atoms with Crippen LogP contribution < -0.4 is 10.1 Å². The van der Waals surface area contributed by atoms with Gasteiger partial charge in [-0.05, 0) is 30.5 Å². The van der Waals surface area contributed by atoms with E-state index in [1.807, 2.05) is 37.3 Å². The van der Waals surface area contributed by atoms with E-state index in [4.69, 9.17) is 4.74 Å². The Bertz CT molecular complexity index is 783. The molecule has 0 saturated carbocycles. The van der Waals surface area contributed by atoms with Crippen molar-refractivity contribution in [1.82, 2.24) is 10.2 Å². The molecule has 0 bridgehead atoms. The summed E-state index contributed by atoms with van der Waals surface area (Å²) in [5.74, 6) is -1.06. The molecule has 29 heavy (non-hydrogen) atoms. The summed E-state index contributed by atoms with van der Waals surface area (Å²) in [6.45, 7) is 4.43. The summed E-state index contributed by atoms with van der Waals surface area (Å²) in [4.78, 5) is 27.2. The van der Waals surface area contributed by atoms with Gasteiger partial charge in [-0.1, -0.05) is 62.7 Å². The minimum atomic E-state index is -0.621. The molecule has 5 nitrogen and oxygen atoms in total. The van der Waals surface area contributed by atoms with Crippen molar-refractivity contribution in [3.8, 4) is 5.75 Å². The van der Waals surface area contributed by atoms with Gasteiger partial charge in [0.1, 0.15) is 6.04 Å². The predicted molar refractivity (Wildman–Crippen MR) is 111 cm³/mol. The van der Waals surface area contributed by atoms with Crippen LogP contribution in [0.1, 0.15) is 38.7 Å². The summed E-state index contributed by atoms with van der Waals surface area (Å²) in [6.07, 6.45) is 2.32. The molecule has 2 aromatic carbocycles. The minimum absolute atomic E-state index is 0.0148. The maximum Gasteiger partial charge on any atom is 0.261 e. The average molecular weight is 400 g/mol. The molecular formula is C23H29FN2O3. The second-order valence-corrected chi connectivity index (χ2v) is 6.79. The zero-order chi connectivity index (χ0) is 21.1. The minimum Gasteiger partial charge on any atom is -0.481 e. The van der Waals surface area contributed by atoms with Crippen LogP contribution in [-0.2, 0) is 16.1 Å². The Balaban J connectivity index is 2.15. The zero-order valence-electron chi connectivity index (χ0n) is 17.1. The van der Waals surface area contributed by atoms with E-state index in [-0.39, 0.29) is 30.7 Å². The fourth-order valence-electron chi connectivity index (χ4n) is 2.99. The fourth-order valence-corrected chi connectivity index (χ4v) is 2.99. The number of nitrogens with zero attached hydrogens (tertiary/aromatic N) is 1. The Morgan fingerprint density at radius 3 is 2.41 bits per heavy atom. The highest BCUT2D eigenvalue weighted by molar-refractivity contribution is 5.88. The number of unbranched alkanes of at least 4 members (excludes halogenated alkanes) is 1. The van der Waals surface area contributed by atoms with Gasteiger partial charge < -0.3 is 15.0 Å². The summed E-state index contributed by atoms with van der Waals surface area (Å²) < 4.78 is 19.2. The Morgan fingerprint density at radius 2 is 1.76 bits per heavy atom. The van der Waals surface area contributed by atoms with Crippen LogP contribution in [0.4, 0.5) is 4.39 Å². The number of carbonyl (C=O) groups is 2. The number of halogens is 1. The number of para-hydroxylation sites is 1.